The van der Waals surface area contributed by atoms with Gasteiger partial charge in [0.05, 0.1) is 30.5 Å². The molecule has 0 atom stereocenters. The number of nitrogens with zero attached hydrogens (tertiary/aromatic N) is 2. The van der Waals surface area contributed by atoms with E-state index in [-0.39, 0.29) is 12.4 Å². The summed E-state index contributed by atoms with van der Waals surface area (Å²) in [6.07, 6.45) is 1.73. The highest BCUT2D eigenvalue weighted by molar-refractivity contribution is 6.32. The summed E-state index contributed by atoms with van der Waals surface area (Å²) >= 11 is 6.49. The van der Waals surface area contributed by atoms with Crippen LogP contribution in [0.1, 0.15) is 18.1 Å². The molecule has 5 nitrogen and oxygen atoms in total. The number of morpholine rings is 1. The summed E-state index contributed by atoms with van der Waals surface area (Å²) in [5, 5.41) is 0.376. The Morgan fingerprint density at radius 2 is 1.82 bits per heavy atom. The summed E-state index contributed by atoms with van der Waals surface area (Å²) in [6.45, 7) is 5.67. The first-order chi connectivity index (χ1) is 16.1. The molecule has 3 aromatic carbocycles. The Balaban J connectivity index is 1.48. The second-order valence-corrected chi connectivity index (χ2v) is 7.92. The SMILES string of the molecule is CCOc1cc(C=Nc2ccc(N3CCOCC3)cc2)cc(Cl)c1OCc1ccccc1F. The van der Waals surface area contributed by atoms with E-state index in [0.717, 1.165) is 43.2 Å². The summed E-state index contributed by atoms with van der Waals surface area (Å²) in [6, 6.07) is 18.2. The average molecular weight is 469 g/mol. The van der Waals surface area contributed by atoms with Gasteiger partial charge in [-0.1, -0.05) is 29.8 Å². The van der Waals surface area contributed by atoms with Crippen molar-refractivity contribution in [3.63, 3.8) is 0 Å². The van der Waals surface area contributed by atoms with Crippen molar-refractivity contribution in [3.8, 4) is 11.5 Å². The molecule has 1 saturated heterocycles. The van der Waals surface area contributed by atoms with Crippen LogP contribution in [0.15, 0.2) is 65.7 Å². The number of hydrogen-bond acceptors (Lipinski definition) is 5. The first kappa shape index (κ1) is 23.1. The first-order valence-electron chi connectivity index (χ1n) is 10.9. The van der Waals surface area contributed by atoms with Gasteiger partial charge in [-0.3, -0.25) is 4.99 Å². The number of halogens is 2. The summed E-state index contributed by atoms with van der Waals surface area (Å²) in [7, 11) is 0. The van der Waals surface area contributed by atoms with Crippen LogP contribution >= 0.6 is 11.6 Å². The minimum absolute atomic E-state index is 0.0510. The molecular formula is C26H26ClFN2O3. The van der Waals surface area contributed by atoms with Crippen LogP contribution in [0.2, 0.25) is 5.02 Å². The lowest BCUT2D eigenvalue weighted by atomic mass is 10.2. The van der Waals surface area contributed by atoms with Gasteiger partial charge < -0.3 is 19.1 Å². The number of benzene rings is 3. The Morgan fingerprint density at radius 3 is 2.55 bits per heavy atom. The predicted molar refractivity (Wildman–Crippen MR) is 130 cm³/mol. The second-order valence-electron chi connectivity index (χ2n) is 7.52. The number of ether oxygens (including phenoxy) is 3. The highest BCUT2D eigenvalue weighted by Crippen LogP contribution is 2.37. The third kappa shape index (κ3) is 6.03. The van der Waals surface area contributed by atoms with E-state index in [1.54, 1.807) is 30.5 Å². The quantitative estimate of drug-likeness (QED) is 0.378. The zero-order valence-electron chi connectivity index (χ0n) is 18.5. The maximum absolute atomic E-state index is 13.9. The molecule has 0 unspecified atom stereocenters. The molecule has 7 heteroatoms. The van der Waals surface area contributed by atoms with E-state index in [9.17, 15) is 4.39 Å². The number of aliphatic imine (C=N–C) groups is 1. The summed E-state index contributed by atoms with van der Waals surface area (Å²) < 4.78 is 30.9. The fourth-order valence-electron chi connectivity index (χ4n) is 3.55. The molecule has 1 fully saturated rings. The molecule has 0 aromatic heterocycles. The van der Waals surface area contributed by atoms with Gasteiger partial charge >= 0.3 is 0 Å². The standard InChI is InChI=1S/C26H26ClFN2O3/c1-2-32-25-16-19(15-23(27)26(25)33-18-20-5-3-4-6-24(20)28)17-29-21-7-9-22(10-8-21)30-11-13-31-14-12-30/h3-10,15-17H,2,11-14,18H2,1H3. The summed E-state index contributed by atoms with van der Waals surface area (Å²) in [5.41, 5.74) is 3.22. The lowest BCUT2D eigenvalue weighted by molar-refractivity contribution is 0.122. The van der Waals surface area contributed by atoms with E-state index in [1.165, 1.54) is 6.07 Å². The smallest absolute Gasteiger partial charge is 0.180 e. The summed E-state index contributed by atoms with van der Waals surface area (Å²) in [4.78, 5) is 6.86. The van der Waals surface area contributed by atoms with Crippen molar-refractivity contribution in [2.24, 2.45) is 4.99 Å². The van der Waals surface area contributed by atoms with Crippen LogP contribution in [0, 0.1) is 5.82 Å². The molecule has 0 radical (unpaired) electrons. The third-order valence-corrected chi connectivity index (χ3v) is 5.53. The van der Waals surface area contributed by atoms with Crippen molar-refractivity contribution >= 4 is 29.2 Å². The molecule has 0 N–H and O–H groups in total. The molecule has 1 aliphatic heterocycles. The zero-order chi connectivity index (χ0) is 23.0. The Labute approximate surface area is 198 Å². The third-order valence-electron chi connectivity index (χ3n) is 5.25. The van der Waals surface area contributed by atoms with Gasteiger partial charge in [0.2, 0.25) is 0 Å². The van der Waals surface area contributed by atoms with Crippen molar-refractivity contribution < 1.29 is 18.6 Å². The minimum Gasteiger partial charge on any atom is -0.490 e. The Bertz CT molecular complexity index is 1100. The minimum atomic E-state index is -0.324. The van der Waals surface area contributed by atoms with Crippen LogP contribution in [-0.4, -0.2) is 39.1 Å². The van der Waals surface area contributed by atoms with E-state index >= 15 is 0 Å². The lowest BCUT2D eigenvalue weighted by Gasteiger charge is -2.28. The van der Waals surface area contributed by atoms with Gasteiger partial charge in [0.1, 0.15) is 12.4 Å². The summed E-state index contributed by atoms with van der Waals surface area (Å²) in [5.74, 6) is 0.550. The van der Waals surface area contributed by atoms with Crippen LogP contribution in [-0.2, 0) is 11.3 Å². The van der Waals surface area contributed by atoms with Crippen LogP contribution in [0.3, 0.4) is 0 Å². The van der Waals surface area contributed by atoms with Gasteiger partial charge in [-0.05, 0) is 55.0 Å². The number of anilines is 1. The predicted octanol–water partition coefficient (Wildman–Crippen LogP) is 6.04. The Morgan fingerprint density at radius 1 is 1.06 bits per heavy atom. The highest BCUT2D eigenvalue weighted by Gasteiger charge is 2.14. The van der Waals surface area contributed by atoms with Crippen molar-refractivity contribution in [1.29, 1.82) is 0 Å². The van der Waals surface area contributed by atoms with Crippen LogP contribution < -0.4 is 14.4 Å². The normalized spacial score (nSPS) is 14.0. The molecule has 1 heterocycles. The molecule has 4 rings (SSSR count). The Kier molecular flexibility index (Phi) is 7.81. The topological polar surface area (TPSA) is 43.3 Å². The zero-order valence-corrected chi connectivity index (χ0v) is 19.2. The molecule has 0 bridgehead atoms. The molecule has 0 amide bonds. The van der Waals surface area contributed by atoms with Gasteiger partial charge in [-0.25, -0.2) is 4.39 Å². The molecule has 0 spiro atoms. The van der Waals surface area contributed by atoms with E-state index in [0.29, 0.717) is 28.7 Å². The highest BCUT2D eigenvalue weighted by atomic mass is 35.5. The molecule has 3 aromatic rings. The maximum Gasteiger partial charge on any atom is 0.180 e. The van der Waals surface area contributed by atoms with E-state index in [4.69, 9.17) is 25.8 Å². The maximum atomic E-state index is 13.9. The van der Waals surface area contributed by atoms with Crippen LogP contribution in [0.25, 0.3) is 0 Å². The monoisotopic (exact) mass is 468 g/mol. The van der Waals surface area contributed by atoms with Crippen molar-refractivity contribution in [1.82, 2.24) is 0 Å². The van der Waals surface area contributed by atoms with Crippen molar-refractivity contribution in [2.45, 2.75) is 13.5 Å². The average Bonchev–Trinajstić information content (AvgIpc) is 2.84. The van der Waals surface area contributed by atoms with E-state index < -0.39 is 0 Å². The lowest BCUT2D eigenvalue weighted by Crippen LogP contribution is -2.36. The van der Waals surface area contributed by atoms with E-state index in [1.807, 2.05) is 25.1 Å². The molecule has 0 aliphatic carbocycles. The van der Waals surface area contributed by atoms with Crippen molar-refractivity contribution in [2.75, 3.05) is 37.8 Å². The number of hydrogen-bond donors (Lipinski definition) is 0. The van der Waals surface area contributed by atoms with Gasteiger partial charge in [-0.2, -0.15) is 0 Å². The molecule has 33 heavy (non-hydrogen) atoms. The van der Waals surface area contributed by atoms with Crippen LogP contribution in [0.4, 0.5) is 15.8 Å². The fraction of sp³-hybridized carbons (Fsp3) is 0.269. The van der Waals surface area contributed by atoms with Gasteiger partial charge in [0, 0.05) is 30.6 Å². The number of rotatable bonds is 8. The molecule has 1 aliphatic rings. The van der Waals surface area contributed by atoms with Gasteiger partial charge in [-0.15, -0.1) is 0 Å². The van der Waals surface area contributed by atoms with Gasteiger partial charge in [0.15, 0.2) is 11.5 Å². The fourth-order valence-corrected chi connectivity index (χ4v) is 3.82. The van der Waals surface area contributed by atoms with Crippen LogP contribution in [0.5, 0.6) is 11.5 Å². The largest absolute Gasteiger partial charge is 0.490 e. The van der Waals surface area contributed by atoms with E-state index in [2.05, 4.69) is 22.0 Å². The second kappa shape index (κ2) is 11.2. The van der Waals surface area contributed by atoms with Gasteiger partial charge in [0.25, 0.3) is 0 Å². The van der Waals surface area contributed by atoms with Crippen molar-refractivity contribution in [3.05, 3.63) is 82.6 Å². The molecule has 0 saturated carbocycles. The molecular weight excluding hydrogens is 443 g/mol. The Hall–Kier alpha value is -3.09. The first-order valence-corrected chi connectivity index (χ1v) is 11.3. The molecule has 172 valence electrons.